The van der Waals surface area contributed by atoms with E-state index in [1.54, 1.807) is 12.1 Å². The second kappa shape index (κ2) is 17.0. The molecular formula is C47H64Cl2O6. The summed E-state index contributed by atoms with van der Waals surface area (Å²) in [6, 6.07) is 6.26. The van der Waals surface area contributed by atoms with Gasteiger partial charge >= 0.3 is 11.9 Å². The number of halogens is 2. The summed E-state index contributed by atoms with van der Waals surface area (Å²) in [5, 5.41) is 21.2. The van der Waals surface area contributed by atoms with Crippen molar-refractivity contribution in [2.75, 3.05) is 14.2 Å². The maximum atomic E-state index is 12.6. The van der Waals surface area contributed by atoms with Gasteiger partial charge in [-0.1, -0.05) is 83.2 Å². The van der Waals surface area contributed by atoms with Crippen molar-refractivity contribution in [3.63, 3.8) is 0 Å². The summed E-state index contributed by atoms with van der Waals surface area (Å²) in [6.45, 7) is 12.6. The van der Waals surface area contributed by atoms with E-state index < -0.39 is 11.9 Å². The number of phenolic OH excluding ortho intramolecular Hbond substituents is 2. The molecule has 2 N–H and O–H groups in total. The van der Waals surface area contributed by atoms with Crippen LogP contribution < -0.4 is 0 Å². The highest BCUT2D eigenvalue weighted by atomic mass is 35.5. The van der Waals surface area contributed by atoms with Crippen LogP contribution in [0.2, 0.25) is 10.0 Å². The first kappa shape index (κ1) is 41.9. The number of phenols is 2. The lowest BCUT2D eigenvalue weighted by atomic mass is 9.44. The van der Waals surface area contributed by atoms with Crippen LogP contribution in [-0.4, -0.2) is 36.4 Å². The van der Waals surface area contributed by atoms with Crippen molar-refractivity contribution in [2.24, 2.45) is 58.2 Å². The van der Waals surface area contributed by atoms with Gasteiger partial charge in [-0.3, -0.25) is 0 Å². The number of carbonyl (C=O) groups is 2. The molecule has 302 valence electrons. The first-order valence-electron chi connectivity index (χ1n) is 21.0. The van der Waals surface area contributed by atoms with Gasteiger partial charge in [-0.05, 0) is 170 Å². The monoisotopic (exact) mass is 794 g/mol. The maximum absolute atomic E-state index is 12.6. The van der Waals surface area contributed by atoms with Gasteiger partial charge in [0.2, 0.25) is 0 Å². The molecule has 6 nitrogen and oxygen atoms in total. The zero-order chi connectivity index (χ0) is 39.8. The van der Waals surface area contributed by atoms with Gasteiger partial charge in [-0.25, -0.2) is 9.59 Å². The van der Waals surface area contributed by atoms with E-state index in [4.69, 9.17) is 32.7 Å². The Labute approximate surface area is 339 Å². The van der Waals surface area contributed by atoms with Gasteiger partial charge in [0, 0.05) is 0 Å². The highest BCUT2D eigenvalue weighted by molar-refractivity contribution is 6.33. The molecule has 9 atom stereocenters. The van der Waals surface area contributed by atoms with Crippen LogP contribution in [-0.2, 0) is 9.47 Å². The Bertz CT molecular complexity index is 1690. The summed E-state index contributed by atoms with van der Waals surface area (Å²) in [7, 11) is 2.49. The van der Waals surface area contributed by atoms with Crippen molar-refractivity contribution in [1.29, 1.82) is 0 Å². The number of benzene rings is 2. The van der Waals surface area contributed by atoms with Crippen LogP contribution in [0.5, 0.6) is 11.5 Å². The van der Waals surface area contributed by atoms with E-state index in [-0.39, 0.29) is 32.7 Å². The number of hydrogen-bond acceptors (Lipinski definition) is 6. The summed E-state index contributed by atoms with van der Waals surface area (Å²) >= 11 is 12.9. The second-order valence-corrected chi connectivity index (χ2v) is 19.5. The number of allylic oxidation sites excluding steroid dienone is 1. The van der Waals surface area contributed by atoms with E-state index >= 15 is 0 Å². The molecule has 4 saturated carbocycles. The lowest BCUT2D eigenvalue weighted by Crippen LogP contribution is -2.53. The molecule has 0 spiro atoms. The Hall–Kier alpha value is -2.70. The summed E-state index contributed by atoms with van der Waals surface area (Å²) in [5.74, 6) is 4.34. The average molecular weight is 796 g/mol. The van der Waals surface area contributed by atoms with E-state index in [0.717, 1.165) is 54.3 Å². The van der Waals surface area contributed by atoms with Crippen LogP contribution in [0.15, 0.2) is 30.3 Å². The molecule has 0 heterocycles. The third-order valence-electron chi connectivity index (χ3n) is 15.5. The fourth-order valence-electron chi connectivity index (χ4n) is 12.5. The Morgan fingerprint density at radius 1 is 0.800 bits per heavy atom. The molecule has 0 aromatic heterocycles. The summed E-state index contributed by atoms with van der Waals surface area (Å²) < 4.78 is 9.85. The van der Waals surface area contributed by atoms with E-state index in [1.165, 1.54) is 103 Å². The van der Waals surface area contributed by atoms with Crippen LogP contribution in [0, 0.1) is 58.2 Å². The number of fused-ring (bicyclic) bond motifs is 5. The van der Waals surface area contributed by atoms with Gasteiger partial charge in [0.1, 0.15) is 22.6 Å². The fourth-order valence-corrected chi connectivity index (χ4v) is 13.0. The number of hydrogen-bond donors (Lipinski definition) is 2. The number of methoxy groups -OCH3 is 2. The number of ether oxygens (including phenoxy) is 2. The van der Waals surface area contributed by atoms with Crippen molar-refractivity contribution in [3.05, 3.63) is 62.6 Å². The molecule has 4 fully saturated rings. The lowest BCUT2D eigenvalue weighted by Gasteiger charge is -2.61. The normalized spacial score (nSPS) is 30.5. The van der Waals surface area contributed by atoms with Crippen LogP contribution in [0.4, 0.5) is 0 Å². The molecule has 0 radical (unpaired) electrons. The van der Waals surface area contributed by atoms with Crippen LogP contribution in [0.1, 0.15) is 156 Å². The zero-order valence-electron chi connectivity index (χ0n) is 34.2. The van der Waals surface area contributed by atoms with Crippen LogP contribution in [0.25, 0.3) is 5.57 Å². The van der Waals surface area contributed by atoms with Crippen molar-refractivity contribution >= 4 is 40.7 Å². The van der Waals surface area contributed by atoms with Gasteiger partial charge < -0.3 is 19.7 Å². The van der Waals surface area contributed by atoms with Crippen molar-refractivity contribution < 1.29 is 29.3 Å². The predicted molar refractivity (Wildman–Crippen MR) is 222 cm³/mol. The molecule has 4 aliphatic carbocycles. The van der Waals surface area contributed by atoms with E-state index in [9.17, 15) is 19.8 Å². The largest absolute Gasteiger partial charge is 0.505 e. The molecule has 6 rings (SSSR count). The van der Waals surface area contributed by atoms with Crippen molar-refractivity contribution in [3.8, 4) is 11.5 Å². The standard InChI is InChI=1S/C47H64Cl2O6/c1-27(2)10-8-11-28(3)37-16-17-38-34-15-14-32-22-29(18-20-46(32,4)39(34)19-21-47(37,38)5)12-9-13-33(30-23-35(44(52)54-6)42(50)40(48)25-30)31-24-36(45(53)55-7)43(51)41(49)26-31/h13,23-29,32,34,37-39,50-51H,8-12,14-22H2,1-7H3/t28-,29-,32-,34-,37+,38-,39-,46-,47+/m0/s1. The van der Waals surface area contributed by atoms with E-state index in [0.29, 0.717) is 33.4 Å². The number of carbonyl (C=O) groups excluding carboxylic acids is 2. The summed E-state index contributed by atoms with van der Waals surface area (Å²) in [6.07, 6.45) is 20.2. The van der Waals surface area contributed by atoms with Crippen LogP contribution >= 0.6 is 23.2 Å². The minimum Gasteiger partial charge on any atom is -0.505 e. The number of rotatable bonds is 12. The molecule has 0 saturated heterocycles. The third-order valence-corrected chi connectivity index (χ3v) is 16.0. The SMILES string of the molecule is COC(=O)c1cc(C(=CCC[C@H]2CC[C@@]3(C)[C@@H](CC[C@@H]4[C@@H]3CC[C@]3(C)[C@@H]([C@@H](C)CCCC(C)C)CC[C@@H]43)C2)c2cc(Cl)c(O)c(C(=O)OC)c2)cc(Cl)c1O. The molecule has 4 aliphatic rings. The Morgan fingerprint density at radius 3 is 1.96 bits per heavy atom. The second-order valence-electron chi connectivity index (χ2n) is 18.7. The summed E-state index contributed by atoms with van der Waals surface area (Å²) in [5.41, 5.74) is 2.59. The molecule has 0 amide bonds. The first-order chi connectivity index (χ1) is 26.1. The van der Waals surface area contributed by atoms with Gasteiger partial charge in [0.05, 0.1) is 24.3 Å². The fraction of sp³-hybridized carbons (Fsp3) is 0.660. The number of esters is 2. The summed E-state index contributed by atoms with van der Waals surface area (Å²) in [4.78, 5) is 25.2. The number of aromatic hydroxyl groups is 2. The van der Waals surface area contributed by atoms with Crippen LogP contribution in [0.3, 0.4) is 0 Å². The molecule has 55 heavy (non-hydrogen) atoms. The molecule has 2 aromatic carbocycles. The van der Waals surface area contributed by atoms with Gasteiger partial charge in [-0.2, -0.15) is 0 Å². The predicted octanol–water partition coefficient (Wildman–Crippen LogP) is 12.9. The molecule has 0 bridgehead atoms. The topological polar surface area (TPSA) is 93.1 Å². The van der Waals surface area contributed by atoms with Crippen molar-refractivity contribution in [2.45, 2.75) is 125 Å². The smallest absolute Gasteiger partial charge is 0.341 e. The van der Waals surface area contributed by atoms with Crippen molar-refractivity contribution in [1.82, 2.24) is 0 Å². The average Bonchev–Trinajstić information content (AvgIpc) is 3.52. The quantitative estimate of drug-likeness (QED) is 0.208. The van der Waals surface area contributed by atoms with Gasteiger partial charge in [-0.15, -0.1) is 0 Å². The van der Waals surface area contributed by atoms with Gasteiger partial charge in [0.15, 0.2) is 0 Å². The lowest BCUT2D eigenvalue weighted by molar-refractivity contribution is -0.121. The molecular weight excluding hydrogens is 731 g/mol. The Kier molecular flexibility index (Phi) is 13.0. The van der Waals surface area contributed by atoms with E-state index in [1.807, 2.05) is 0 Å². The zero-order valence-corrected chi connectivity index (χ0v) is 35.7. The Morgan fingerprint density at radius 2 is 1.38 bits per heavy atom. The molecule has 2 aromatic rings. The highest BCUT2D eigenvalue weighted by Crippen LogP contribution is 2.69. The molecule has 0 aliphatic heterocycles. The Balaban J connectivity index is 1.18. The minimum absolute atomic E-state index is 0.00339. The van der Waals surface area contributed by atoms with Gasteiger partial charge in [0.25, 0.3) is 0 Å². The molecule has 0 unspecified atom stereocenters. The van der Waals surface area contributed by atoms with E-state index in [2.05, 4.69) is 40.7 Å². The maximum Gasteiger partial charge on any atom is 0.341 e. The minimum atomic E-state index is -0.721. The first-order valence-corrected chi connectivity index (χ1v) is 21.8. The molecule has 8 heteroatoms. The highest BCUT2D eigenvalue weighted by Gasteiger charge is 2.60. The third kappa shape index (κ3) is 8.20.